The van der Waals surface area contributed by atoms with Crippen LogP contribution in [0.2, 0.25) is 0 Å². The van der Waals surface area contributed by atoms with Crippen LogP contribution in [0, 0.1) is 5.92 Å². The molecule has 0 radical (unpaired) electrons. The Morgan fingerprint density at radius 1 is 1.46 bits per heavy atom. The van der Waals surface area contributed by atoms with Crippen molar-refractivity contribution in [3.63, 3.8) is 0 Å². The number of carbonyl (C=O) groups excluding carboxylic acids is 1. The molecule has 78 valence electrons. The summed E-state index contributed by atoms with van der Waals surface area (Å²) in [5.41, 5.74) is 10.7. The van der Waals surface area contributed by atoms with Crippen LogP contribution in [0.1, 0.15) is 20.8 Å². The smallest absolute Gasteiger partial charge is 0.234 e. The summed E-state index contributed by atoms with van der Waals surface area (Å²) in [6, 6.07) is -0.195. The third kappa shape index (κ3) is 4.24. The summed E-state index contributed by atoms with van der Waals surface area (Å²) in [5.74, 6) is 0.132. The summed E-state index contributed by atoms with van der Waals surface area (Å²) >= 11 is 0. The lowest BCUT2D eigenvalue weighted by Crippen LogP contribution is -2.45. The highest BCUT2D eigenvalue weighted by molar-refractivity contribution is 5.79. The SMILES string of the molecule is CCN(CC(C)CN)C(C)C(N)=O. The van der Waals surface area contributed by atoms with Gasteiger partial charge in [0.15, 0.2) is 0 Å². The zero-order valence-corrected chi connectivity index (χ0v) is 8.79. The van der Waals surface area contributed by atoms with Gasteiger partial charge >= 0.3 is 0 Å². The van der Waals surface area contributed by atoms with E-state index in [0.717, 1.165) is 13.1 Å². The van der Waals surface area contributed by atoms with E-state index in [-0.39, 0.29) is 11.9 Å². The van der Waals surface area contributed by atoms with E-state index in [4.69, 9.17) is 11.5 Å². The fourth-order valence-electron chi connectivity index (χ4n) is 1.22. The van der Waals surface area contributed by atoms with E-state index in [1.807, 2.05) is 18.7 Å². The van der Waals surface area contributed by atoms with Gasteiger partial charge in [0.25, 0.3) is 0 Å². The van der Waals surface area contributed by atoms with Crippen molar-refractivity contribution >= 4 is 5.91 Å². The highest BCUT2D eigenvalue weighted by Gasteiger charge is 2.18. The zero-order chi connectivity index (χ0) is 10.4. The Hall–Kier alpha value is -0.610. The molecule has 0 saturated carbocycles. The molecule has 13 heavy (non-hydrogen) atoms. The van der Waals surface area contributed by atoms with Crippen molar-refractivity contribution < 1.29 is 4.79 Å². The molecule has 1 amide bonds. The van der Waals surface area contributed by atoms with Crippen LogP contribution < -0.4 is 11.5 Å². The monoisotopic (exact) mass is 187 g/mol. The molecule has 0 aliphatic rings. The molecule has 4 N–H and O–H groups in total. The standard InChI is InChI=1S/C9H21N3O/c1-4-12(6-7(2)5-10)8(3)9(11)13/h7-8H,4-6,10H2,1-3H3,(H2,11,13). The molecular weight excluding hydrogens is 166 g/mol. The lowest BCUT2D eigenvalue weighted by atomic mass is 10.1. The number of primary amides is 1. The van der Waals surface area contributed by atoms with Crippen LogP contribution in [0.15, 0.2) is 0 Å². The third-order valence-electron chi connectivity index (χ3n) is 2.31. The summed E-state index contributed by atoms with van der Waals surface area (Å²) in [6.07, 6.45) is 0. The molecule has 0 heterocycles. The van der Waals surface area contributed by atoms with Crippen LogP contribution in [-0.2, 0) is 4.79 Å². The van der Waals surface area contributed by atoms with E-state index >= 15 is 0 Å². The molecule has 2 unspecified atom stereocenters. The summed E-state index contributed by atoms with van der Waals surface area (Å²) < 4.78 is 0. The van der Waals surface area contributed by atoms with Crippen LogP contribution in [0.5, 0.6) is 0 Å². The number of rotatable bonds is 6. The minimum atomic E-state index is -0.272. The number of nitrogens with two attached hydrogens (primary N) is 2. The highest BCUT2D eigenvalue weighted by Crippen LogP contribution is 2.03. The minimum Gasteiger partial charge on any atom is -0.368 e. The lowest BCUT2D eigenvalue weighted by Gasteiger charge is -2.27. The normalized spacial score (nSPS) is 15.8. The van der Waals surface area contributed by atoms with Gasteiger partial charge in [-0.15, -0.1) is 0 Å². The second kappa shape index (κ2) is 5.94. The van der Waals surface area contributed by atoms with Crippen molar-refractivity contribution in [2.75, 3.05) is 19.6 Å². The molecule has 0 aliphatic heterocycles. The summed E-state index contributed by atoms with van der Waals surface area (Å²) in [4.78, 5) is 13.0. The van der Waals surface area contributed by atoms with E-state index in [2.05, 4.69) is 6.92 Å². The molecule has 0 saturated heterocycles. The van der Waals surface area contributed by atoms with Crippen LogP contribution in [0.3, 0.4) is 0 Å². The molecule has 4 heteroatoms. The lowest BCUT2D eigenvalue weighted by molar-refractivity contribution is -0.122. The number of hydrogen-bond donors (Lipinski definition) is 2. The van der Waals surface area contributed by atoms with Crippen molar-refractivity contribution in [2.45, 2.75) is 26.8 Å². The van der Waals surface area contributed by atoms with Gasteiger partial charge in [0, 0.05) is 6.54 Å². The van der Waals surface area contributed by atoms with Gasteiger partial charge < -0.3 is 11.5 Å². The number of nitrogens with zero attached hydrogens (tertiary/aromatic N) is 1. The minimum absolute atomic E-state index is 0.195. The maximum absolute atomic E-state index is 10.9. The van der Waals surface area contributed by atoms with Crippen molar-refractivity contribution in [3.05, 3.63) is 0 Å². The molecule has 0 aromatic rings. The Bertz CT molecular complexity index is 161. The second-order valence-corrected chi connectivity index (χ2v) is 3.51. The van der Waals surface area contributed by atoms with E-state index in [0.29, 0.717) is 12.5 Å². The quantitative estimate of drug-likeness (QED) is 0.603. The van der Waals surface area contributed by atoms with Crippen LogP contribution >= 0.6 is 0 Å². The average Bonchev–Trinajstić information content (AvgIpc) is 2.12. The number of amides is 1. The first-order valence-electron chi connectivity index (χ1n) is 4.76. The van der Waals surface area contributed by atoms with E-state index in [1.165, 1.54) is 0 Å². The second-order valence-electron chi connectivity index (χ2n) is 3.51. The predicted octanol–water partition coefficient (Wildman–Crippen LogP) is -0.223. The molecule has 0 aromatic carbocycles. The summed E-state index contributed by atoms with van der Waals surface area (Å²) in [6.45, 7) is 8.21. The zero-order valence-electron chi connectivity index (χ0n) is 8.79. The summed E-state index contributed by atoms with van der Waals surface area (Å²) in [7, 11) is 0. The fraction of sp³-hybridized carbons (Fsp3) is 0.889. The number of likely N-dealkylation sites (N-methyl/N-ethyl adjacent to an activating group) is 1. The highest BCUT2D eigenvalue weighted by atomic mass is 16.1. The van der Waals surface area contributed by atoms with Crippen LogP contribution in [-0.4, -0.2) is 36.5 Å². The van der Waals surface area contributed by atoms with E-state index < -0.39 is 0 Å². The average molecular weight is 187 g/mol. The molecule has 0 aromatic heterocycles. The largest absolute Gasteiger partial charge is 0.368 e. The Morgan fingerprint density at radius 2 is 2.00 bits per heavy atom. The van der Waals surface area contributed by atoms with E-state index in [9.17, 15) is 4.79 Å². The molecular formula is C9H21N3O. The maximum Gasteiger partial charge on any atom is 0.234 e. The van der Waals surface area contributed by atoms with Gasteiger partial charge in [-0.3, -0.25) is 9.69 Å². The van der Waals surface area contributed by atoms with E-state index in [1.54, 1.807) is 0 Å². The van der Waals surface area contributed by atoms with Crippen molar-refractivity contribution in [2.24, 2.45) is 17.4 Å². The molecule has 0 bridgehead atoms. The van der Waals surface area contributed by atoms with Gasteiger partial charge in [0.05, 0.1) is 6.04 Å². The number of carbonyl (C=O) groups is 1. The topological polar surface area (TPSA) is 72.3 Å². The predicted molar refractivity (Wildman–Crippen MR) is 54.1 cm³/mol. The van der Waals surface area contributed by atoms with Crippen LogP contribution in [0.4, 0.5) is 0 Å². The maximum atomic E-state index is 10.9. The molecule has 0 fully saturated rings. The molecule has 4 nitrogen and oxygen atoms in total. The summed E-state index contributed by atoms with van der Waals surface area (Å²) in [5, 5.41) is 0. The van der Waals surface area contributed by atoms with Gasteiger partial charge in [-0.05, 0) is 25.9 Å². The van der Waals surface area contributed by atoms with Crippen LogP contribution in [0.25, 0.3) is 0 Å². The molecule has 0 aliphatic carbocycles. The first-order valence-corrected chi connectivity index (χ1v) is 4.76. The van der Waals surface area contributed by atoms with Gasteiger partial charge in [-0.1, -0.05) is 13.8 Å². The van der Waals surface area contributed by atoms with Crippen molar-refractivity contribution in [1.82, 2.24) is 4.90 Å². The Kier molecular flexibility index (Phi) is 5.66. The molecule has 2 atom stereocenters. The first kappa shape index (κ1) is 12.4. The van der Waals surface area contributed by atoms with Gasteiger partial charge in [-0.2, -0.15) is 0 Å². The van der Waals surface area contributed by atoms with Crippen molar-refractivity contribution in [1.29, 1.82) is 0 Å². The first-order chi connectivity index (χ1) is 6.02. The third-order valence-corrected chi connectivity index (χ3v) is 2.31. The fourth-order valence-corrected chi connectivity index (χ4v) is 1.22. The molecule has 0 rings (SSSR count). The number of hydrogen-bond acceptors (Lipinski definition) is 3. The van der Waals surface area contributed by atoms with Gasteiger partial charge in [0.1, 0.15) is 0 Å². The van der Waals surface area contributed by atoms with Gasteiger partial charge in [0.2, 0.25) is 5.91 Å². The van der Waals surface area contributed by atoms with Gasteiger partial charge in [-0.25, -0.2) is 0 Å². The molecule has 0 spiro atoms. The van der Waals surface area contributed by atoms with Crippen molar-refractivity contribution in [3.8, 4) is 0 Å². The Labute approximate surface area is 80.3 Å². The Morgan fingerprint density at radius 3 is 2.31 bits per heavy atom. The Balaban J connectivity index is 4.09.